The van der Waals surface area contributed by atoms with Crippen molar-refractivity contribution in [2.75, 3.05) is 26.2 Å². The van der Waals surface area contributed by atoms with Crippen molar-refractivity contribution < 1.29 is 9.59 Å². The van der Waals surface area contributed by atoms with Crippen LogP contribution in [0, 0.1) is 11.8 Å². The third-order valence-corrected chi connectivity index (χ3v) is 5.60. The zero-order valence-corrected chi connectivity index (χ0v) is 16.5. The van der Waals surface area contributed by atoms with E-state index in [9.17, 15) is 9.59 Å². The fourth-order valence-corrected chi connectivity index (χ4v) is 4.20. The SMILES string of the molecule is CC(C)C(=O)N1CCCC1C(=O)N1C[C@@H](CN)[C@H](c2ccccc2)C1.Cl. The maximum Gasteiger partial charge on any atom is 0.245 e. The van der Waals surface area contributed by atoms with Gasteiger partial charge in [0.15, 0.2) is 0 Å². The van der Waals surface area contributed by atoms with Crippen molar-refractivity contribution in [3.8, 4) is 0 Å². The molecule has 2 aliphatic rings. The molecule has 2 heterocycles. The molecule has 0 aromatic heterocycles. The lowest BCUT2D eigenvalue weighted by atomic mass is 9.89. The lowest BCUT2D eigenvalue weighted by Gasteiger charge is -2.29. The van der Waals surface area contributed by atoms with Crippen LogP contribution < -0.4 is 5.73 Å². The maximum atomic E-state index is 13.1. The summed E-state index contributed by atoms with van der Waals surface area (Å²) >= 11 is 0. The van der Waals surface area contributed by atoms with E-state index in [4.69, 9.17) is 5.73 Å². The van der Waals surface area contributed by atoms with Gasteiger partial charge in [-0.1, -0.05) is 44.2 Å². The Kier molecular flexibility index (Phi) is 7.07. The van der Waals surface area contributed by atoms with Crippen molar-refractivity contribution in [1.29, 1.82) is 0 Å². The smallest absolute Gasteiger partial charge is 0.245 e. The molecule has 5 nitrogen and oxygen atoms in total. The summed E-state index contributed by atoms with van der Waals surface area (Å²) in [5.74, 6) is 0.682. The summed E-state index contributed by atoms with van der Waals surface area (Å²) in [7, 11) is 0. The van der Waals surface area contributed by atoms with Gasteiger partial charge >= 0.3 is 0 Å². The Bertz CT molecular complexity index is 623. The largest absolute Gasteiger partial charge is 0.340 e. The van der Waals surface area contributed by atoms with E-state index in [1.165, 1.54) is 5.56 Å². The van der Waals surface area contributed by atoms with Crippen LogP contribution in [0.25, 0.3) is 0 Å². The van der Waals surface area contributed by atoms with E-state index in [0.29, 0.717) is 26.2 Å². The molecule has 26 heavy (non-hydrogen) atoms. The van der Waals surface area contributed by atoms with Gasteiger partial charge in [0, 0.05) is 31.5 Å². The Labute approximate surface area is 162 Å². The van der Waals surface area contributed by atoms with Gasteiger partial charge in [0.2, 0.25) is 11.8 Å². The Morgan fingerprint density at radius 1 is 1.19 bits per heavy atom. The molecule has 3 rings (SSSR count). The second-order valence-corrected chi connectivity index (χ2v) is 7.60. The van der Waals surface area contributed by atoms with Crippen LogP contribution in [0.1, 0.15) is 38.2 Å². The number of carbonyl (C=O) groups is 2. The van der Waals surface area contributed by atoms with Crippen LogP contribution in [0.2, 0.25) is 0 Å². The second kappa shape index (κ2) is 8.87. The number of nitrogens with zero attached hydrogens (tertiary/aromatic N) is 2. The second-order valence-electron chi connectivity index (χ2n) is 7.60. The first-order chi connectivity index (χ1) is 12.0. The minimum atomic E-state index is -0.289. The molecule has 2 N–H and O–H groups in total. The van der Waals surface area contributed by atoms with E-state index in [-0.39, 0.29) is 48.0 Å². The van der Waals surface area contributed by atoms with Crippen LogP contribution in [0.15, 0.2) is 30.3 Å². The summed E-state index contributed by atoms with van der Waals surface area (Å²) in [5, 5.41) is 0. The van der Waals surface area contributed by atoms with Crippen molar-refractivity contribution in [3.63, 3.8) is 0 Å². The van der Waals surface area contributed by atoms with Crippen molar-refractivity contribution >= 4 is 24.2 Å². The summed E-state index contributed by atoms with van der Waals surface area (Å²) in [6, 6.07) is 10.0. The molecule has 1 aromatic carbocycles. The molecule has 144 valence electrons. The average Bonchev–Trinajstić information content (AvgIpc) is 3.28. The van der Waals surface area contributed by atoms with Crippen molar-refractivity contribution in [1.82, 2.24) is 9.80 Å². The summed E-state index contributed by atoms with van der Waals surface area (Å²) in [4.78, 5) is 29.3. The number of carbonyl (C=O) groups excluding carboxylic acids is 2. The molecule has 1 aromatic rings. The highest BCUT2D eigenvalue weighted by Gasteiger charge is 2.42. The normalized spacial score (nSPS) is 25.5. The van der Waals surface area contributed by atoms with Gasteiger partial charge in [0.25, 0.3) is 0 Å². The average molecular weight is 380 g/mol. The lowest BCUT2D eigenvalue weighted by Crippen LogP contribution is -2.48. The van der Waals surface area contributed by atoms with Gasteiger partial charge in [0.05, 0.1) is 0 Å². The number of benzene rings is 1. The highest BCUT2D eigenvalue weighted by molar-refractivity contribution is 5.89. The Hall–Kier alpha value is -1.59. The lowest BCUT2D eigenvalue weighted by molar-refractivity contribution is -0.145. The van der Waals surface area contributed by atoms with Gasteiger partial charge in [-0.05, 0) is 30.9 Å². The fourth-order valence-electron chi connectivity index (χ4n) is 4.20. The minimum Gasteiger partial charge on any atom is -0.340 e. The molecule has 2 aliphatic heterocycles. The van der Waals surface area contributed by atoms with Gasteiger partial charge in [-0.15, -0.1) is 12.4 Å². The van der Waals surface area contributed by atoms with Crippen LogP contribution >= 0.6 is 12.4 Å². The van der Waals surface area contributed by atoms with E-state index in [1.807, 2.05) is 36.9 Å². The van der Waals surface area contributed by atoms with Gasteiger partial charge < -0.3 is 15.5 Å². The van der Waals surface area contributed by atoms with E-state index in [1.54, 1.807) is 4.90 Å². The summed E-state index contributed by atoms with van der Waals surface area (Å²) in [6.07, 6.45) is 1.68. The van der Waals surface area contributed by atoms with Crippen molar-refractivity contribution in [2.45, 2.75) is 38.6 Å². The molecule has 2 fully saturated rings. The predicted octanol–water partition coefficient (Wildman–Crippen LogP) is 2.26. The quantitative estimate of drug-likeness (QED) is 0.872. The standard InChI is InChI=1S/C20H29N3O2.ClH/c1-14(2)19(24)23-10-6-9-18(23)20(25)22-12-16(11-21)17(13-22)15-7-4-3-5-8-15;/h3-5,7-8,14,16-18H,6,9-13,21H2,1-2H3;1H/t16-,17+,18?;/m1./s1. The summed E-state index contributed by atoms with van der Waals surface area (Å²) < 4.78 is 0. The molecular formula is C20H30ClN3O2. The van der Waals surface area contributed by atoms with Crippen LogP contribution in [-0.2, 0) is 9.59 Å². The zero-order valence-electron chi connectivity index (χ0n) is 15.6. The van der Waals surface area contributed by atoms with Crippen molar-refractivity contribution in [2.24, 2.45) is 17.6 Å². The molecule has 0 aliphatic carbocycles. The van der Waals surface area contributed by atoms with E-state index >= 15 is 0 Å². The Morgan fingerprint density at radius 3 is 2.50 bits per heavy atom. The van der Waals surface area contributed by atoms with Crippen LogP contribution in [0.4, 0.5) is 0 Å². The summed E-state index contributed by atoms with van der Waals surface area (Å²) in [6.45, 7) is 6.45. The molecule has 0 radical (unpaired) electrons. The van der Waals surface area contributed by atoms with Gasteiger partial charge in [0.1, 0.15) is 6.04 Å². The number of likely N-dealkylation sites (tertiary alicyclic amines) is 2. The first kappa shape index (κ1) is 20.7. The molecule has 2 saturated heterocycles. The van der Waals surface area contributed by atoms with Crippen LogP contribution in [0.3, 0.4) is 0 Å². The molecule has 0 spiro atoms. The molecule has 3 atom stereocenters. The molecule has 6 heteroatoms. The first-order valence-corrected chi connectivity index (χ1v) is 9.37. The maximum absolute atomic E-state index is 13.1. The molecule has 0 saturated carbocycles. The van der Waals surface area contributed by atoms with Gasteiger partial charge in [-0.2, -0.15) is 0 Å². The van der Waals surface area contributed by atoms with E-state index < -0.39 is 0 Å². The van der Waals surface area contributed by atoms with E-state index in [0.717, 1.165) is 12.8 Å². The van der Waals surface area contributed by atoms with Gasteiger partial charge in [-0.25, -0.2) is 0 Å². The zero-order chi connectivity index (χ0) is 18.0. The van der Waals surface area contributed by atoms with Crippen LogP contribution in [0.5, 0.6) is 0 Å². The number of halogens is 1. The predicted molar refractivity (Wildman–Crippen MR) is 105 cm³/mol. The summed E-state index contributed by atoms with van der Waals surface area (Å²) in [5.41, 5.74) is 7.24. The van der Waals surface area contributed by atoms with Gasteiger partial charge in [-0.3, -0.25) is 9.59 Å². The number of amides is 2. The topological polar surface area (TPSA) is 66.6 Å². The third-order valence-electron chi connectivity index (χ3n) is 5.60. The highest BCUT2D eigenvalue weighted by atomic mass is 35.5. The molecule has 0 bridgehead atoms. The number of hydrogen-bond acceptors (Lipinski definition) is 3. The third kappa shape index (κ3) is 4.04. The molecular weight excluding hydrogens is 350 g/mol. The first-order valence-electron chi connectivity index (χ1n) is 9.37. The van der Waals surface area contributed by atoms with Crippen molar-refractivity contribution in [3.05, 3.63) is 35.9 Å². The molecule has 1 unspecified atom stereocenters. The number of hydrogen-bond donors (Lipinski definition) is 1. The number of rotatable bonds is 4. The Balaban J connectivity index is 0.00000243. The highest BCUT2D eigenvalue weighted by Crippen LogP contribution is 2.33. The number of nitrogens with two attached hydrogens (primary N) is 1. The van der Waals surface area contributed by atoms with Crippen LogP contribution in [-0.4, -0.2) is 53.8 Å². The fraction of sp³-hybridized carbons (Fsp3) is 0.600. The molecule has 2 amide bonds. The Morgan fingerprint density at radius 2 is 1.88 bits per heavy atom. The minimum absolute atomic E-state index is 0. The monoisotopic (exact) mass is 379 g/mol. The van der Waals surface area contributed by atoms with E-state index in [2.05, 4.69) is 12.1 Å².